The van der Waals surface area contributed by atoms with Crippen LogP contribution >= 0.6 is 0 Å². The van der Waals surface area contributed by atoms with E-state index in [-0.39, 0.29) is 0 Å². The third-order valence-corrected chi connectivity index (χ3v) is 5.61. The smallest absolute Gasteiger partial charge is 0.0951 e. The average molecular weight is 303 g/mol. The lowest BCUT2D eigenvalue weighted by Gasteiger charge is -2.48. The maximum atomic E-state index is 4.35. The van der Waals surface area contributed by atoms with Crippen molar-refractivity contribution in [1.82, 2.24) is 24.3 Å². The quantitative estimate of drug-likeness (QED) is 0.822. The second-order valence-corrected chi connectivity index (χ2v) is 7.54. The first-order valence-corrected chi connectivity index (χ1v) is 8.92. The van der Waals surface area contributed by atoms with Gasteiger partial charge < -0.3 is 4.57 Å². The second-order valence-electron chi connectivity index (χ2n) is 7.54. The van der Waals surface area contributed by atoms with Gasteiger partial charge in [0.15, 0.2) is 0 Å². The zero-order valence-corrected chi connectivity index (χ0v) is 14.0. The molecule has 2 aliphatic heterocycles. The molecule has 3 aliphatic rings. The Morgan fingerprint density at radius 3 is 2.45 bits per heavy atom. The van der Waals surface area contributed by atoms with Crippen LogP contribution in [-0.4, -0.2) is 75.6 Å². The van der Waals surface area contributed by atoms with Gasteiger partial charge >= 0.3 is 0 Å². The van der Waals surface area contributed by atoms with E-state index in [4.69, 9.17) is 0 Å². The van der Waals surface area contributed by atoms with Crippen LogP contribution in [0.2, 0.25) is 0 Å². The zero-order chi connectivity index (χ0) is 15.1. The lowest BCUT2D eigenvalue weighted by Crippen LogP contribution is -2.63. The molecule has 5 heteroatoms. The monoisotopic (exact) mass is 303 g/mol. The molecule has 122 valence electrons. The summed E-state index contributed by atoms with van der Waals surface area (Å²) in [4.78, 5) is 12.2. The van der Waals surface area contributed by atoms with E-state index >= 15 is 0 Å². The second kappa shape index (κ2) is 5.95. The summed E-state index contributed by atoms with van der Waals surface area (Å²) in [6.45, 7) is 13.1. The van der Waals surface area contributed by atoms with E-state index in [1.165, 1.54) is 57.8 Å². The van der Waals surface area contributed by atoms with Gasteiger partial charge in [0, 0.05) is 70.1 Å². The van der Waals surface area contributed by atoms with Crippen molar-refractivity contribution in [2.45, 2.75) is 51.4 Å². The predicted molar refractivity (Wildman–Crippen MR) is 87.8 cm³/mol. The summed E-state index contributed by atoms with van der Waals surface area (Å²) in [5.41, 5.74) is 1.41. The van der Waals surface area contributed by atoms with Gasteiger partial charge in [0.1, 0.15) is 0 Å². The first-order chi connectivity index (χ1) is 10.7. The van der Waals surface area contributed by atoms with Gasteiger partial charge in [-0.05, 0) is 26.7 Å². The number of likely N-dealkylation sites (tertiary alicyclic amines) is 1. The zero-order valence-electron chi connectivity index (χ0n) is 14.0. The van der Waals surface area contributed by atoms with Gasteiger partial charge in [-0.2, -0.15) is 0 Å². The Morgan fingerprint density at radius 2 is 1.82 bits per heavy atom. The third-order valence-electron chi connectivity index (χ3n) is 5.61. The fourth-order valence-corrected chi connectivity index (χ4v) is 3.89. The Bertz CT molecular complexity index is 493. The van der Waals surface area contributed by atoms with Crippen LogP contribution in [0.3, 0.4) is 0 Å². The van der Waals surface area contributed by atoms with Crippen LogP contribution in [0.5, 0.6) is 0 Å². The van der Waals surface area contributed by atoms with Crippen LogP contribution in [-0.2, 0) is 6.54 Å². The molecule has 0 bridgehead atoms. The van der Waals surface area contributed by atoms with Gasteiger partial charge in [-0.3, -0.25) is 14.7 Å². The molecule has 5 nitrogen and oxygen atoms in total. The van der Waals surface area contributed by atoms with Crippen LogP contribution in [0, 0.1) is 0 Å². The number of hydrogen-bond donors (Lipinski definition) is 0. The van der Waals surface area contributed by atoms with Crippen molar-refractivity contribution in [3.05, 3.63) is 18.2 Å². The first kappa shape index (κ1) is 14.7. The molecule has 1 aromatic heterocycles. The molecule has 1 aliphatic carbocycles. The van der Waals surface area contributed by atoms with Gasteiger partial charge in [-0.1, -0.05) is 0 Å². The molecule has 0 unspecified atom stereocenters. The summed E-state index contributed by atoms with van der Waals surface area (Å²) < 4.78 is 2.40. The highest BCUT2D eigenvalue weighted by Gasteiger charge is 2.34. The van der Waals surface area contributed by atoms with E-state index in [0.717, 1.165) is 18.6 Å². The number of nitrogens with zero attached hydrogens (tertiary/aromatic N) is 5. The average Bonchev–Trinajstić information content (AvgIpc) is 3.22. The van der Waals surface area contributed by atoms with Crippen LogP contribution in [0.4, 0.5) is 0 Å². The Morgan fingerprint density at radius 1 is 1.09 bits per heavy atom. The van der Waals surface area contributed by atoms with Gasteiger partial charge in [-0.15, -0.1) is 0 Å². The minimum absolute atomic E-state index is 0.697. The van der Waals surface area contributed by atoms with Gasteiger partial charge in [0.05, 0.1) is 12.0 Å². The van der Waals surface area contributed by atoms with Crippen molar-refractivity contribution < 1.29 is 0 Å². The van der Waals surface area contributed by atoms with Crippen molar-refractivity contribution in [3.8, 4) is 0 Å². The molecule has 0 atom stereocenters. The van der Waals surface area contributed by atoms with E-state index < -0.39 is 0 Å². The Hall–Kier alpha value is -0.910. The molecule has 0 spiro atoms. The molecule has 3 heterocycles. The maximum absolute atomic E-state index is 4.35. The third kappa shape index (κ3) is 2.94. The van der Waals surface area contributed by atoms with Crippen molar-refractivity contribution >= 4 is 0 Å². The SMILES string of the molecule is CC(C)N1CCN(C2CN(Cc3cncn3C3CC3)C2)CC1. The van der Waals surface area contributed by atoms with Crippen molar-refractivity contribution in [1.29, 1.82) is 0 Å². The van der Waals surface area contributed by atoms with Gasteiger partial charge in [0.25, 0.3) is 0 Å². The van der Waals surface area contributed by atoms with Gasteiger partial charge in [0.2, 0.25) is 0 Å². The van der Waals surface area contributed by atoms with Gasteiger partial charge in [-0.25, -0.2) is 4.98 Å². The minimum atomic E-state index is 0.697. The molecule has 1 aromatic rings. The fraction of sp³-hybridized carbons (Fsp3) is 0.824. The van der Waals surface area contributed by atoms with Crippen LogP contribution < -0.4 is 0 Å². The molecule has 0 aromatic carbocycles. The largest absolute Gasteiger partial charge is 0.330 e. The highest BCUT2D eigenvalue weighted by Crippen LogP contribution is 2.36. The molecule has 4 rings (SSSR count). The summed E-state index contributed by atoms with van der Waals surface area (Å²) in [5.74, 6) is 0. The van der Waals surface area contributed by atoms with E-state index in [9.17, 15) is 0 Å². The minimum Gasteiger partial charge on any atom is -0.330 e. The van der Waals surface area contributed by atoms with E-state index in [0.29, 0.717) is 6.04 Å². The van der Waals surface area contributed by atoms with Crippen LogP contribution in [0.25, 0.3) is 0 Å². The summed E-state index contributed by atoms with van der Waals surface area (Å²) in [7, 11) is 0. The molecule has 22 heavy (non-hydrogen) atoms. The Labute approximate surface area is 133 Å². The molecular formula is C17H29N5. The van der Waals surface area contributed by atoms with E-state index in [2.05, 4.69) is 44.3 Å². The summed E-state index contributed by atoms with van der Waals surface area (Å²) in [6, 6.07) is 2.23. The van der Waals surface area contributed by atoms with Crippen molar-refractivity contribution in [3.63, 3.8) is 0 Å². The topological polar surface area (TPSA) is 27.5 Å². The Balaban J connectivity index is 1.24. The number of aromatic nitrogens is 2. The number of imidazole rings is 1. The van der Waals surface area contributed by atoms with Crippen LogP contribution in [0.15, 0.2) is 12.5 Å². The Kier molecular flexibility index (Phi) is 3.96. The number of piperazine rings is 1. The molecule has 0 radical (unpaired) electrons. The highest BCUT2D eigenvalue weighted by molar-refractivity contribution is 5.05. The molecular weight excluding hydrogens is 274 g/mol. The normalized spacial score (nSPS) is 25.8. The van der Waals surface area contributed by atoms with E-state index in [1.54, 1.807) is 0 Å². The number of rotatable bonds is 5. The lowest BCUT2D eigenvalue weighted by molar-refractivity contribution is -0.00502. The summed E-state index contributed by atoms with van der Waals surface area (Å²) in [6.07, 6.45) is 6.76. The predicted octanol–water partition coefficient (Wildman–Crippen LogP) is 1.43. The summed E-state index contributed by atoms with van der Waals surface area (Å²) in [5, 5.41) is 0. The highest BCUT2D eigenvalue weighted by atomic mass is 15.4. The molecule has 1 saturated carbocycles. The molecule has 2 saturated heterocycles. The standard InChI is InChI=1S/C17H29N5/c1-14(2)20-5-7-21(8-6-20)17-11-19(12-17)10-16-9-18-13-22(16)15-3-4-15/h9,13-15,17H,3-8,10-12H2,1-2H3. The van der Waals surface area contributed by atoms with Crippen LogP contribution in [0.1, 0.15) is 38.4 Å². The fourth-order valence-electron chi connectivity index (χ4n) is 3.89. The number of hydrogen-bond acceptors (Lipinski definition) is 4. The maximum Gasteiger partial charge on any atom is 0.0951 e. The lowest BCUT2D eigenvalue weighted by atomic mass is 10.1. The van der Waals surface area contributed by atoms with E-state index in [1.807, 2.05) is 6.33 Å². The molecule has 3 fully saturated rings. The first-order valence-electron chi connectivity index (χ1n) is 8.92. The van der Waals surface area contributed by atoms with Crippen molar-refractivity contribution in [2.24, 2.45) is 0 Å². The van der Waals surface area contributed by atoms with Crippen molar-refractivity contribution in [2.75, 3.05) is 39.3 Å². The summed E-state index contributed by atoms with van der Waals surface area (Å²) >= 11 is 0. The molecule has 0 N–H and O–H groups in total. The molecule has 0 amide bonds.